The highest BCUT2D eigenvalue weighted by Gasteiger charge is 2.25. The normalized spacial score (nSPS) is 14.3. The van der Waals surface area contributed by atoms with E-state index in [9.17, 15) is 0 Å². The van der Waals surface area contributed by atoms with Crippen LogP contribution in [-0.2, 0) is 4.74 Å². The molecule has 0 rings (SSSR count). The molecule has 2 nitrogen and oxygen atoms in total. The van der Waals surface area contributed by atoms with Crippen molar-refractivity contribution in [2.75, 3.05) is 6.61 Å². The first-order chi connectivity index (χ1) is 5.54. The van der Waals surface area contributed by atoms with Crippen LogP contribution in [0.15, 0.2) is 12.7 Å². The van der Waals surface area contributed by atoms with Crippen molar-refractivity contribution in [3.8, 4) is 0 Å². The molecule has 0 aliphatic heterocycles. The lowest BCUT2D eigenvalue weighted by Gasteiger charge is -2.31. The van der Waals surface area contributed by atoms with E-state index in [2.05, 4.69) is 6.58 Å². The van der Waals surface area contributed by atoms with Gasteiger partial charge in [-0.05, 0) is 33.6 Å². The quantitative estimate of drug-likeness (QED) is 0.621. The highest BCUT2D eigenvalue weighted by molar-refractivity contribution is 4.84. The van der Waals surface area contributed by atoms with E-state index < -0.39 is 0 Å². The van der Waals surface area contributed by atoms with Crippen LogP contribution in [0.5, 0.6) is 0 Å². The van der Waals surface area contributed by atoms with Gasteiger partial charge in [0, 0.05) is 12.6 Å². The number of ether oxygens (including phenoxy) is 1. The molecular weight excluding hydrogens is 150 g/mol. The van der Waals surface area contributed by atoms with Crippen LogP contribution in [0.25, 0.3) is 0 Å². The number of nitrogens with two attached hydrogens (primary N) is 1. The lowest BCUT2D eigenvalue weighted by atomic mass is 9.95. The third-order valence-electron chi connectivity index (χ3n) is 2.09. The smallest absolute Gasteiger partial charge is 0.0776 e. The van der Waals surface area contributed by atoms with E-state index in [0.717, 1.165) is 19.4 Å². The molecule has 0 aromatic heterocycles. The van der Waals surface area contributed by atoms with Gasteiger partial charge >= 0.3 is 0 Å². The molecule has 0 saturated heterocycles. The maximum Gasteiger partial charge on any atom is 0.0776 e. The molecule has 72 valence electrons. The Hall–Kier alpha value is -0.340. The van der Waals surface area contributed by atoms with E-state index in [0.29, 0.717) is 0 Å². The van der Waals surface area contributed by atoms with Crippen LogP contribution in [0, 0.1) is 0 Å². The molecule has 2 heteroatoms. The molecule has 12 heavy (non-hydrogen) atoms. The van der Waals surface area contributed by atoms with Gasteiger partial charge in [-0.2, -0.15) is 0 Å². The minimum absolute atomic E-state index is 0.0930. The molecule has 1 atom stereocenters. The molecule has 0 spiro atoms. The SMILES string of the molecule is C=CCCC(N)C(C)(C)OCC. The minimum Gasteiger partial charge on any atom is -0.374 e. The first-order valence-corrected chi connectivity index (χ1v) is 4.55. The van der Waals surface area contributed by atoms with Gasteiger partial charge in [-0.15, -0.1) is 6.58 Å². The Kier molecular flexibility index (Phi) is 5.18. The summed E-state index contributed by atoms with van der Waals surface area (Å²) in [6.07, 6.45) is 3.79. The molecule has 0 heterocycles. The molecule has 0 bridgehead atoms. The lowest BCUT2D eigenvalue weighted by molar-refractivity contribution is -0.0304. The van der Waals surface area contributed by atoms with Crippen LogP contribution >= 0.6 is 0 Å². The molecule has 0 amide bonds. The highest BCUT2D eigenvalue weighted by atomic mass is 16.5. The second-order valence-electron chi connectivity index (χ2n) is 3.51. The van der Waals surface area contributed by atoms with E-state index in [-0.39, 0.29) is 11.6 Å². The van der Waals surface area contributed by atoms with Crippen LogP contribution in [0.4, 0.5) is 0 Å². The average Bonchev–Trinajstić information content (AvgIpc) is 2.00. The van der Waals surface area contributed by atoms with Crippen LogP contribution in [0.3, 0.4) is 0 Å². The first-order valence-electron chi connectivity index (χ1n) is 4.55. The largest absolute Gasteiger partial charge is 0.374 e. The Balaban J connectivity index is 3.86. The molecule has 1 unspecified atom stereocenters. The standard InChI is InChI=1S/C10H21NO/c1-5-7-8-9(11)10(3,4)12-6-2/h5,9H,1,6-8,11H2,2-4H3. The predicted molar refractivity (Wildman–Crippen MR) is 53.1 cm³/mol. The van der Waals surface area contributed by atoms with Gasteiger partial charge in [-0.3, -0.25) is 0 Å². The van der Waals surface area contributed by atoms with Gasteiger partial charge in [0.1, 0.15) is 0 Å². The van der Waals surface area contributed by atoms with Crippen molar-refractivity contribution in [1.82, 2.24) is 0 Å². The molecule has 0 aliphatic rings. The van der Waals surface area contributed by atoms with E-state index >= 15 is 0 Å². The zero-order chi connectivity index (χ0) is 9.61. The molecule has 2 N–H and O–H groups in total. The Bertz CT molecular complexity index is 132. The second-order valence-corrected chi connectivity index (χ2v) is 3.51. The summed E-state index contributed by atoms with van der Waals surface area (Å²) in [6, 6.07) is 0.0930. The third-order valence-corrected chi connectivity index (χ3v) is 2.09. The maximum absolute atomic E-state index is 5.95. The van der Waals surface area contributed by atoms with Gasteiger partial charge in [0.15, 0.2) is 0 Å². The molecule has 0 saturated carbocycles. The number of hydrogen-bond donors (Lipinski definition) is 1. The lowest BCUT2D eigenvalue weighted by Crippen LogP contribution is -2.45. The number of hydrogen-bond acceptors (Lipinski definition) is 2. The van der Waals surface area contributed by atoms with Gasteiger partial charge in [0.25, 0.3) is 0 Å². The molecule has 0 aromatic rings. The molecule has 0 aliphatic carbocycles. The van der Waals surface area contributed by atoms with E-state index in [1.165, 1.54) is 0 Å². The van der Waals surface area contributed by atoms with Crippen molar-refractivity contribution in [1.29, 1.82) is 0 Å². The minimum atomic E-state index is -0.211. The second kappa shape index (κ2) is 5.33. The van der Waals surface area contributed by atoms with E-state index in [1.807, 2.05) is 26.8 Å². The summed E-state index contributed by atoms with van der Waals surface area (Å²) >= 11 is 0. The summed E-state index contributed by atoms with van der Waals surface area (Å²) in [5, 5.41) is 0. The Labute approximate surface area is 75.8 Å². The first kappa shape index (κ1) is 11.7. The van der Waals surface area contributed by atoms with Crippen molar-refractivity contribution in [3.63, 3.8) is 0 Å². The average molecular weight is 171 g/mol. The summed E-state index contributed by atoms with van der Waals surface area (Å²) in [4.78, 5) is 0. The van der Waals surface area contributed by atoms with Gasteiger partial charge in [-0.1, -0.05) is 6.08 Å². The van der Waals surface area contributed by atoms with Crippen LogP contribution in [0.2, 0.25) is 0 Å². The van der Waals surface area contributed by atoms with Crippen molar-refractivity contribution < 1.29 is 4.74 Å². The van der Waals surface area contributed by atoms with Crippen molar-refractivity contribution in [2.45, 2.75) is 45.3 Å². The number of allylic oxidation sites excluding steroid dienone is 1. The number of rotatable bonds is 6. The summed E-state index contributed by atoms with van der Waals surface area (Å²) in [5.41, 5.74) is 5.74. The fourth-order valence-electron chi connectivity index (χ4n) is 1.12. The van der Waals surface area contributed by atoms with Crippen molar-refractivity contribution in [2.24, 2.45) is 5.73 Å². The maximum atomic E-state index is 5.95. The summed E-state index contributed by atoms with van der Waals surface area (Å²) in [5.74, 6) is 0. The van der Waals surface area contributed by atoms with Gasteiger partial charge in [0.2, 0.25) is 0 Å². The zero-order valence-corrected chi connectivity index (χ0v) is 8.47. The van der Waals surface area contributed by atoms with E-state index in [1.54, 1.807) is 0 Å². The Morgan fingerprint density at radius 1 is 1.58 bits per heavy atom. The molecule has 0 radical (unpaired) electrons. The van der Waals surface area contributed by atoms with Gasteiger partial charge < -0.3 is 10.5 Å². The van der Waals surface area contributed by atoms with Crippen LogP contribution in [0.1, 0.15) is 33.6 Å². The predicted octanol–water partition coefficient (Wildman–Crippen LogP) is 2.09. The van der Waals surface area contributed by atoms with Crippen LogP contribution in [-0.4, -0.2) is 18.2 Å². The molecule has 0 fully saturated rings. The Morgan fingerprint density at radius 2 is 2.17 bits per heavy atom. The van der Waals surface area contributed by atoms with Crippen molar-refractivity contribution >= 4 is 0 Å². The third kappa shape index (κ3) is 3.88. The summed E-state index contributed by atoms with van der Waals surface area (Å²) in [7, 11) is 0. The van der Waals surface area contributed by atoms with Gasteiger partial charge in [-0.25, -0.2) is 0 Å². The topological polar surface area (TPSA) is 35.2 Å². The zero-order valence-electron chi connectivity index (χ0n) is 8.47. The molecular formula is C10H21NO. The van der Waals surface area contributed by atoms with E-state index in [4.69, 9.17) is 10.5 Å². The molecule has 0 aromatic carbocycles. The summed E-state index contributed by atoms with van der Waals surface area (Å²) in [6.45, 7) is 10.4. The summed E-state index contributed by atoms with van der Waals surface area (Å²) < 4.78 is 5.53. The van der Waals surface area contributed by atoms with Crippen molar-refractivity contribution in [3.05, 3.63) is 12.7 Å². The van der Waals surface area contributed by atoms with Gasteiger partial charge in [0.05, 0.1) is 5.60 Å². The monoisotopic (exact) mass is 171 g/mol. The fraction of sp³-hybridized carbons (Fsp3) is 0.800. The fourth-order valence-corrected chi connectivity index (χ4v) is 1.12. The Morgan fingerprint density at radius 3 is 2.58 bits per heavy atom. The van der Waals surface area contributed by atoms with Crippen LogP contribution < -0.4 is 5.73 Å². The highest BCUT2D eigenvalue weighted by Crippen LogP contribution is 2.16.